The van der Waals surface area contributed by atoms with Crippen LogP contribution in [-0.4, -0.2) is 338 Å². The monoisotopic (exact) mass is 1970 g/mol. The average molecular weight is 1980 g/mol. The Labute approximate surface area is 665 Å². The Morgan fingerprint density at radius 3 is 0.118 bits per heavy atom. The summed E-state index contributed by atoms with van der Waals surface area (Å²) < 4.78 is 87.8. The third-order valence-electron chi connectivity index (χ3n) is 0. The summed E-state index contributed by atoms with van der Waals surface area (Å²) in [6.07, 6.45) is 0. The Bertz CT molecular complexity index is 1170. The molecule has 0 amide bonds. The van der Waals surface area contributed by atoms with Gasteiger partial charge < -0.3 is 115 Å². The quantitative estimate of drug-likeness (QED) is 0.203. The minimum Gasteiger partial charge on any atom is -0.822 e. The molecule has 0 rings (SSSR count). The van der Waals surface area contributed by atoms with Crippen LogP contribution in [0.3, 0.4) is 0 Å². The number of nitrogens with zero attached hydrogens (tertiary/aromatic N) is 18. The van der Waals surface area contributed by atoms with Gasteiger partial charge in [-0.3, -0.25) is 0 Å². The lowest BCUT2D eigenvalue weighted by molar-refractivity contribution is -0.434. The molecule has 0 bridgehead atoms. The molecule has 0 N–H and O–H groups in total. The molecule has 0 saturated carbocycles. The van der Waals surface area contributed by atoms with E-state index in [1.165, 1.54) is 0 Å². The molecular formula is C36H162N18O24P24. The van der Waals surface area contributed by atoms with Gasteiger partial charge in [-0.2, -0.15) is 131 Å². The third kappa shape index (κ3) is 20800. The topological polar surface area (TPSA) is 576 Å². The summed E-state index contributed by atoms with van der Waals surface area (Å²) in [7, 11) is 73.2. The van der Waals surface area contributed by atoms with E-state index >= 15 is 0 Å². The van der Waals surface area contributed by atoms with Gasteiger partial charge in [0, 0.05) is 423 Å². The van der Waals surface area contributed by atoms with Crippen LogP contribution in [-0.2, 0) is 27.4 Å². The molecule has 0 aromatic carbocycles. The lowest BCUT2D eigenvalue weighted by atomic mass is 11.3. The molecule has 0 aliphatic heterocycles. The van der Waals surface area contributed by atoms with Crippen molar-refractivity contribution < 1.29 is 115 Å². The second kappa shape index (κ2) is 132. The van der Waals surface area contributed by atoms with Gasteiger partial charge in [0.15, 0.2) is 0 Å². The maximum absolute atomic E-state index is 8.55. The fourth-order valence-electron chi connectivity index (χ4n) is 0. The van der Waals surface area contributed by atoms with E-state index in [-0.39, 0.29) is 0 Å². The van der Waals surface area contributed by atoms with Crippen molar-refractivity contribution >= 4 is 216 Å². The van der Waals surface area contributed by atoms with Gasteiger partial charge in [-0.05, 0) is 0 Å². The van der Waals surface area contributed by atoms with Crippen LogP contribution in [0.15, 0.2) is 0 Å². The minimum absolute atomic E-state index is 1.84. The molecule has 42 nitrogen and oxygen atoms in total. The predicted octanol–water partition coefficient (Wildman–Crippen LogP) is -15.7. The van der Waals surface area contributed by atoms with Gasteiger partial charge in [-0.25, -0.2) is 0 Å². The van der Waals surface area contributed by atoms with Crippen LogP contribution in [0.4, 0.5) is 0 Å². The number of phosphoric acid groups is 6. The summed E-state index contributed by atoms with van der Waals surface area (Å²) in [6.45, 7) is 0. The Morgan fingerprint density at radius 2 is 0.118 bits per heavy atom. The second-order valence-electron chi connectivity index (χ2n) is 22.1. The van der Waals surface area contributed by atoms with Crippen molar-refractivity contribution in [3.8, 4) is 0 Å². The van der Waals surface area contributed by atoms with Crippen molar-refractivity contribution in [3.63, 3.8) is 0 Å². The first-order chi connectivity index (χ1) is 43.2. The first kappa shape index (κ1) is 176. The molecule has 0 spiro atoms. The maximum Gasteiger partial charge on any atom is 0.0424 e. The van der Waals surface area contributed by atoms with Crippen molar-refractivity contribution in [2.45, 2.75) is 0 Å². The summed E-state index contributed by atoms with van der Waals surface area (Å²) >= 11 is 0. The molecule has 0 fully saturated rings. The molecule has 18 unspecified atom stereocenters. The zero-order valence-corrected chi connectivity index (χ0v) is 100. The van der Waals surface area contributed by atoms with Crippen LogP contribution < -0.4 is 88.1 Å². The van der Waals surface area contributed by atoms with E-state index in [2.05, 4.69) is 0 Å². The number of rotatable bonds is 0. The standard InChI is InChI=1S/18C2H8NP.6H3O4P/c18*1-3(2)4;6*1-5(2,3)4/h18*4H2,1-2H3;6*(H3,1,2,3,4). The van der Waals surface area contributed by atoms with Crippen molar-refractivity contribution in [3.05, 3.63) is 0 Å². The normalized spacial score (nSPS) is 10.4. The SMILES string of the molecule is CN(C)[PH3+].CN(C)[PH3+].CN(C)[PH3+].CN(C)[PH3+].CN(C)[PH3+].CN(C)[PH3+].CN(C)[PH3+].CN(C)[PH3+].CN(C)[PH3+].CN(C)[PH3+].CN(C)[PH3+].CN(C)[PH3+].CN(C)[PH3+].CN(C)[PH3+].CN(C)[PH3+].CN(C)[PH3+].CN(C)[PH3+].CN(C)[PH3+].O=P([O-])([O-])[O-].O=P([O-])([O-])[O-].O=P([O-])([O-])[O-].O=P([O-])([O-])[O-].O=P([O-])([O-])[O-].O=P([O-])([O-])[O-]. The first-order valence-corrected chi connectivity index (χ1v) is 46.3. The Kier molecular flexibility index (Phi) is 228. The summed E-state index contributed by atoms with van der Waals surface area (Å²) in [4.78, 5) is 154. The van der Waals surface area contributed by atoms with Crippen LogP contribution >= 0.6 is 216 Å². The molecule has 0 heterocycles. The summed E-state index contributed by atoms with van der Waals surface area (Å²) in [6, 6.07) is 0. The Morgan fingerprint density at radius 1 is 0.118 bits per heavy atom. The highest BCUT2D eigenvalue weighted by Gasteiger charge is 1.73. The van der Waals surface area contributed by atoms with E-state index in [1.807, 2.05) is 507 Å². The molecule has 66 heteroatoms. The average Bonchev–Trinajstić information content (AvgIpc) is 3.10. The number of hydrogen-bond acceptors (Lipinski definition) is 42. The molecule has 18 atom stereocenters. The summed E-state index contributed by atoms with van der Waals surface area (Å²) in [5.74, 6) is 0. The molecule has 0 aliphatic rings. The molecule has 0 saturated heterocycles. The Balaban J connectivity index is -0.0000000283. The highest BCUT2D eigenvalue weighted by atomic mass is 31.2. The van der Waals surface area contributed by atoms with E-state index in [0.717, 1.165) is 0 Å². The predicted molar refractivity (Wildman–Crippen MR) is 492 cm³/mol. The largest absolute Gasteiger partial charge is 0.822 e. The zero-order valence-electron chi connectivity index (χ0n) is 69.3. The summed E-state index contributed by atoms with van der Waals surface area (Å²) in [5.41, 5.74) is 0. The van der Waals surface area contributed by atoms with Crippen molar-refractivity contribution in [2.24, 2.45) is 0 Å². The van der Waals surface area contributed by atoms with Crippen LogP contribution in [0.1, 0.15) is 0 Å². The first-order valence-electron chi connectivity index (χ1n) is 26.2. The number of hydrogen-bond donors (Lipinski definition) is 0. The molecule has 0 aliphatic carbocycles. The van der Waals surface area contributed by atoms with Crippen LogP contribution in [0.2, 0.25) is 0 Å². The molecule has 660 valence electrons. The van der Waals surface area contributed by atoms with Crippen LogP contribution in [0.25, 0.3) is 0 Å². The lowest BCUT2D eigenvalue weighted by Crippen LogP contribution is -2.24. The molecular weight excluding hydrogens is 1810 g/mol. The van der Waals surface area contributed by atoms with Gasteiger partial charge in [0.05, 0.1) is 0 Å². The van der Waals surface area contributed by atoms with Gasteiger partial charge in [-0.1, -0.05) is 0 Å². The minimum atomic E-state index is -5.39. The van der Waals surface area contributed by atoms with Gasteiger partial charge in [-0.15, -0.1) is 0 Å². The van der Waals surface area contributed by atoms with E-state index in [0.29, 0.717) is 0 Å². The molecule has 0 aromatic rings. The smallest absolute Gasteiger partial charge is 0.0424 e. The van der Waals surface area contributed by atoms with Crippen molar-refractivity contribution in [1.29, 1.82) is 0 Å². The van der Waals surface area contributed by atoms with E-state index in [1.54, 1.807) is 0 Å². The van der Waals surface area contributed by atoms with Crippen molar-refractivity contribution in [1.82, 2.24) is 84.1 Å². The van der Waals surface area contributed by atoms with Crippen LogP contribution in [0, 0.1) is 0 Å². The van der Waals surface area contributed by atoms with Crippen LogP contribution in [0.5, 0.6) is 0 Å². The second-order valence-corrected chi connectivity index (χ2v) is 50.3. The zero-order chi connectivity index (χ0) is 91.4. The van der Waals surface area contributed by atoms with Gasteiger partial charge >= 0.3 is 0 Å². The van der Waals surface area contributed by atoms with E-state index < -0.39 is 46.9 Å². The highest BCUT2D eigenvalue weighted by molar-refractivity contribution is 7.41. The summed E-state index contributed by atoms with van der Waals surface area (Å²) in [5, 5.41) is 0. The van der Waals surface area contributed by atoms with E-state index in [9.17, 15) is 0 Å². The van der Waals surface area contributed by atoms with E-state index in [4.69, 9.17) is 115 Å². The highest BCUT2D eigenvalue weighted by Crippen LogP contribution is 2.05. The molecule has 102 heavy (non-hydrogen) atoms. The van der Waals surface area contributed by atoms with Gasteiger partial charge in [0.1, 0.15) is 0 Å². The molecule has 0 radical (unpaired) electrons. The Hall–Kier alpha value is 7.68. The lowest BCUT2D eigenvalue weighted by Gasteiger charge is -2.36. The van der Waals surface area contributed by atoms with Gasteiger partial charge in [0.2, 0.25) is 0 Å². The third-order valence-corrected chi connectivity index (χ3v) is 0. The molecule has 0 aromatic heterocycles. The van der Waals surface area contributed by atoms with Gasteiger partial charge in [0.25, 0.3) is 0 Å². The van der Waals surface area contributed by atoms with Crippen molar-refractivity contribution in [2.75, 3.05) is 254 Å². The fraction of sp³-hybridized carbons (Fsp3) is 1.00. The fourth-order valence-corrected chi connectivity index (χ4v) is 0. The maximum atomic E-state index is 8.55.